The molecule has 11 heteroatoms. The average Bonchev–Trinajstić information content (AvgIpc) is 3.76. The van der Waals surface area contributed by atoms with Crippen LogP contribution in [0.2, 0.25) is 0 Å². The van der Waals surface area contributed by atoms with E-state index in [0.717, 1.165) is 82.1 Å². The van der Waals surface area contributed by atoms with Crippen molar-refractivity contribution in [2.45, 2.75) is 150 Å². The predicted molar refractivity (Wildman–Crippen MR) is 200 cm³/mol. The molecule has 0 bridgehead atoms. The van der Waals surface area contributed by atoms with Crippen LogP contribution in [-0.2, 0) is 25.6 Å². The van der Waals surface area contributed by atoms with Crippen molar-refractivity contribution in [1.82, 2.24) is 20.9 Å². The van der Waals surface area contributed by atoms with Crippen molar-refractivity contribution in [3.8, 4) is 5.75 Å². The molecule has 11 nitrogen and oxygen atoms in total. The second kappa shape index (κ2) is 21.7. The van der Waals surface area contributed by atoms with E-state index in [2.05, 4.69) is 36.7 Å². The first-order valence-electron chi connectivity index (χ1n) is 18.6. The van der Waals surface area contributed by atoms with Crippen molar-refractivity contribution in [3.63, 3.8) is 0 Å². The highest BCUT2D eigenvalue weighted by Gasteiger charge is 2.37. The Balaban J connectivity index is 0.000000443. The standard InChI is InChI=1S/C20H30N2O3.C13H21N3O3.C4H10.C2H6/c1-19(2,3)17(14-23)21-18(25)22-20(11-7-4-8-12-20)13-15-9-5-6-10-16(15)24;1-16-6-2-3-10(16)13(19)15-9(7-8-4-5-8)11(17)12(14)18;1-4(2)3;1-2/h5-6,9-10,14,17,24H,4,7-8,11-13H2,1-3H3,(H2,21,22,25);8-10H,2-7H2,1H3,(H2,14,18)(H,15,19);4H,1-3H3;1-2H3. The van der Waals surface area contributed by atoms with Crippen LogP contribution in [0.3, 0.4) is 0 Å². The highest BCUT2D eigenvalue weighted by atomic mass is 16.3. The minimum Gasteiger partial charge on any atom is -0.508 e. The minimum atomic E-state index is -0.967. The van der Waals surface area contributed by atoms with Gasteiger partial charge in [0.05, 0.1) is 18.1 Å². The zero-order valence-electron chi connectivity index (χ0n) is 32.3. The van der Waals surface area contributed by atoms with Crippen LogP contribution >= 0.6 is 0 Å². The number of hydrogen-bond donors (Lipinski definition) is 5. The van der Waals surface area contributed by atoms with Crippen molar-refractivity contribution in [1.29, 1.82) is 0 Å². The lowest BCUT2D eigenvalue weighted by Gasteiger charge is -2.39. The van der Waals surface area contributed by atoms with Gasteiger partial charge in [-0.2, -0.15) is 0 Å². The molecule has 4 rings (SSSR count). The summed E-state index contributed by atoms with van der Waals surface area (Å²) in [5.74, 6) is -0.281. The Labute approximate surface area is 301 Å². The lowest BCUT2D eigenvalue weighted by Crippen LogP contribution is -2.57. The summed E-state index contributed by atoms with van der Waals surface area (Å²) in [5, 5.41) is 18.7. The smallest absolute Gasteiger partial charge is 0.315 e. The maximum atomic E-state index is 12.6. The van der Waals surface area contributed by atoms with Crippen molar-refractivity contribution in [3.05, 3.63) is 29.8 Å². The molecule has 0 spiro atoms. The molecule has 6 N–H and O–H groups in total. The molecule has 1 aromatic carbocycles. The molecular weight excluding hydrogens is 634 g/mol. The molecule has 3 fully saturated rings. The van der Waals surface area contributed by atoms with Gasteiger partial charge in [-0.1, -0.05) is 106 Å². The number of Topliss-reactive ketones (excluding diaryl/α,β-unsaturated/α-hetero) is 1. The fourth-order valence-corrected chi connectivity index (χ4v) is 6.07. The van der Waals surface area contributed by atoms with Gasteiger partial charge in [-0.15, -0.1) is 0 Å². The number of benzene rings is 1. The fourth-order valence-electron chi connectivity index (χ4n) is 6.07. The van der Waals surface area contributed by atoms with E-state index >= 15 is 0 Å². The van der Waals surface area contributed by atoms with E-state index in [4.69, 9.17) is 5.73 Å². The first-order chi connectivity index (χ1) is 23.5. The van der Waals surface area contributed by atoms with E-state index in [0.29, 0.717) is 18.8 Å². The van der Waals surface area contributed by atoms with Crippen LogP contribution in [-0.4, -0.2) is 77.2 Å². The Morgan fingerprint density at radius 3 is 2.02 bits per heavy atom. The van der Waals surface area contributed by atoms with Crippen LogP contribution < -0.4 is 21.7 Å². The number of carbonyl (C=O) groups is 5. The molecule has 4 amide bonds. The summed E-state index contributed by atoms with van der Waals surface area (Å²) in [6.45, 7) is 17.1. The topological polar surface area (TPSA) is 171 Å². The normalized spacial score (nSPS) is 19.4. The summed E-state index contributed by atoms with van der Waals surface area (Å²) >= 11 is 0. The molecule has 3 aliphatic rings. The molecule has 0 radical (unpaired) electrons. The molecule has 3 unspecified atom stereocenters. The lowest BCUT2D eigenvalue weighted by molar-refractivity contribution is -0.139. The number of urea groups is 1. The molecule has 50 heavy (non-hydrogen) atoms. The van der Waals surface area contributed by atoms with Gasteiger partial charge >= 0.3 is 6.03 Å². The third kappa shape index (κ3) is 16.0. The molecule has 1 aliphatic heterocycles. The number of hydrogen-bond acceptors (Lipinski definition) is 7. The number of primary amides is 1. The first-order valence-corrected chi connectivity index (χ1v) is 18.6. The van der Waals surface area contributed by atoms with E-state index < -0.39 is 23.8 Å². The molecule has 2 aliphatic carbocycles. The van der Waals surface area contributed by atoms with E-state index in [-0.39, 0.29) is 34.7 Å². The van der Waals surface area contributed by atoms with Gasteiger partial charge in [0.2, 0.25) is 11.7 Å². The number of likely N-dealkylation sites (N-methyl/N-ethyl adjacent to an activating group) is 1. The minimum absolute atomic E-state index is 0.166. The predicted octanol–water partition coefficient (Wildman–Crippen LogP) is 5.66. The lowest BCUT2D eigenvalue weighted by atomic mass is 9.77. The summed E-state index contributed by atoms with van der Waals surface area (Å²) < 4.78 is 0. The number of carbonyl (C=O) groups excluding carboxylic acids is 5. The number of phenols is 1. The average molecular weight is 702 g/mol. The van der Waals surface area contributed by atoms with Gasteiger partial charge in [-0.3, -0.25) is 19.3 Å². The number of aldehydes is 1. The first kappa shape index (κ1) is 44.6. The Morgan fingerprint density at radius 2 is 1.56 bits per heavy atom. The second-order valence-electron chi connectivity index (χ2n) is 15.6. The second-order valence-corrected chi connectivity index (χ2v) is 15.6. The van der Waals surface area contributed by atoms with Gasteiger partial charge in [0, 0.05) is 5.54 Å². The number of amides is 4. The van der Waals surface area contributed by atoms with Gasteiger partial charge in [0.15, 0.2) is 0 Å². The summed E-state index contributed by atoms with van der Waals surface area (Å²) in [6.07, 6.45) is 10.8. The molecule has 284 valence electrons. The molecule has 1 aromatic rings. The highest BCUT2D eigenvalue weighted by molar-refractivity contribution is 6.37. The summed E-state index contributed by atoms with van der Waals surface area (Å²) in [6, 6.07) is 5.47. The zero-order valence-corrected chi connectivity index (χ0v) is 32.3. The van der Waals surface area contributed by atoms with Crippen LogP contribution in [0, 0.1) is 17.3 Å². The molecule has 2 saturated carbocycles. The summed E-state index contributed by atoms with van der Waals surface area (Å²) in [7, 11) is 1.89. The third-order valence-electron chi connectivity index (χ3n) is 9.03. The number of rotatable bonds is 11. The molecule has 0 aromatic heterocycles. The number of likely N-dealkylation sites (tertiary alicyclic amines) is 1. The van der Waals surface area contributed by atoms with Crippen molar-refractivity contribution < 1.29 is 29.1 Å². The summed E-state index contributed by atoms with van der Waals surface area (Å²) in [5.41, 5.74) is 5.16. The van der Waals surface area contributed by atoms with Crippen LogP contribution in [0.25, 0.3) is 0 Å². The van der Waals surface area contributed by atoms with E-state index in [1.165, 1.54) is 0 Å². The number of nitrogens with one attached hydrogen (secondary N) is 3. The Hall–Kier alpha value is -3.47. The fraction of sp³-hybridized carbons (Fsp3) is 0.718. The number of para-hydroxylation sites is 1. The quantitative estimate of drug-likeness (QED) is 0.146. The maximum absolute atomic E-state index is 12.6. The van der Waals surface area contributed by atoms with Crippen molar-refractivity contribution in [2.75, 3.05) is 13.6 Å². The number of phenolic OH excluding ortho intramolecular Hbond substituents is 1. The molecular formula is C39H67N5O6. The van der Waals surface area contributed by atoms with E-state index in [1.807, 2.05) is 58.7 Å². The van der Waals surface area contributed by atoms with Gasteiger partial charge in [-0.05, 0) is 81.0 Å². The monoisotopic (exact) mass is 702 g/mol. The Kier molecular flexibility index (Phi) is 19.3. The number of nitrogens with zero attached hydrogens (tertiary/aromatic N) is 1. The Bertz CT molecular complexity index is 1220. The highest BCUT2D eigenvalue weighted by Crippen LogP contribution is 2.34. The van der Waals surface area contributed by atoms with Crippen molar-refractivity contribution in [2.24, 2.45) is 23.0 Å². The SMILES string of the molecule is CC.CC(C)(C)C(C=O)NC(=O)NC1(Cc2ccccc2O)CCCCC1.CC(C)C.CN1CCCC1C(=O)NC(CC1CC1)C(=O)C(N)=O. The van der Waals surface area contributed by atoms with Crippen LogP contribution in [0.1, 0.15) is 125 Å². The molecule has 3 atom stereocenters. The van der Waals surface area contributed by atoms with Crippen LogP contribution in [0.5, 0.6) is 5.75 Å². The number of aromatic hydroxyl groups is 1. The number of nitrogens with two attached hydrogens (primary N) is 1. The van der Waals surface area contributed by atoms with Crippen molar-refractivity contribution >= 4 is 29.9 Å². The largest absolute Gasteiger partial charge is 0.508 e. The van der Waals surface area contributed by atoms with E-state index in [1.54, 1.807) is 12.1 Å². The van der Waals surface area contributed by atoms with Gasteiger partial charge in [0.1, 0.15) is 12.0 Å². The molecule has 1 heterocycles. The molecule has 1 saturated heterocycles. The van der Waals surface area contributed by atoms with Crippen LogP contribution in [0.15, 0.2) is 24.3 Å². The number of ketones is 1. The van der Waals surface area contributed by atoms with E-state index in [9.17, 15) is 29.1 Å². The maximum Gasteiger partial charge on any atom is 0.315 e. The van der Waals surface area contributed by atoms with Crippen LogP contribution in [0.4, 0.5) is 4.79 Å². The van der Waals surface area contributed by atoms with Gasteiger partial charge in [-0.25, -0.2) is 4.79 Å². The zero-order chi connectivity index (χ0) is 38.1. The third-order valence-corrected chi connectivity index (χ3v) is 9.03. The van der Waals surface area contributed by atoms with Gasteiger partial charge in [0.25, 0.3) is 5.91 Å². The van der Waals surface area contributed by atoms with Gasteiger partial charge < -0.3 is 31.6 Å². The Morgan fingerprint density at radius 1 is 0.980 bits per heavy atom. The summed E-state index contributed by atoms with van der Waals surface area (Å²) in [4.78, 5) is 60.7.